The number of fused-ring (bicyclic) bond motifs is 4. The highest BCUT2D eigenvalue weighted by molar-refractivity contribution is 6.21. The third-order valence-corrected chi connectivity index (χ3v) is 10.2. The van der Waals surface area contributed by atoms with Crippen LogP contribution in [0.15, 0.2) is 194 Å². The van der Waals surface area contributed by atoms with E-state index in [1.54, 1.807) is 0 Å². The average Bonchev–Trinajstić information content (AvgIpc) is 3.60. The lowest BCUT2D eigenvalue weighted by Crippen LogP contribution is -1.98. The molecule has 0 saturated carbocycles. The second-order valence-corrected chi connectivity index (χ2v) is 13.2. The summed E-state index contributed by atoms with van der Waals surface area (Å²) in [5.41, 5.74) is 11.5. The fourth-order valence-electron chi connectivity index (χ4n) is 7.85. The molecule has 1 aromatic heterocycles. The molecule has 0 aliphatic rings. The predicted molar refractivity (Wildman–Crippen MR) is 215 cm³/mol. The van der Waals surface area contributed by atoms with Gasteiger partial charge >= 0.3 is 0 Å². The zero-order chi connectivity index (χ0) is 33.7. The zero-order valence-electron chi connectivity index (χ0n) is 27.9. The molecule has 9 aromatic carbocycles. The maximum absolute atomic E-state index is 5.23. The molecule has 10 rings (SSSR count). The van der Waals surface area contributed by atoms with E-state index in [0.29, 0.717) is 0 Å². The molecule has 0 unspecified atom stereocenters. The minimum atomic E-state index is 0.924. The molecule has 0 amide bonds. The van der Waals surface area contributed by atoms with Crippen LogP contribution in [0, 0.1) is 0 Å². The van der Waals surface area contributed by atoms with E-state index < -0.39 is 0 Å². The molecule has 0 aliphatic heterocycles. The van der Waals surface area contributed by atoms with Gasteiger partial charge in [0.15, 0.2) is 0 Å². The van der Waals surface area contributed by atoms with Gasteiger partial charge in [0.05, 0.1) is 11.0 Å². The van der Waals surface area contributed by atoms with E-state index in [9.17, 15) is 0 Å². The molecular formula is C49H32N2. The molecule has 0 radical (unpaired) electrons. The third kappa shape index (κ3) is 4.92. The van der Waals surface area contributed by atoms with Crippen LogP contribution in [0.1, 0.15) is 0 Å². The Labute approximate surface area is 296 Å². The van der Waals surface area contributed by atoms with E-state index in [1.165, 1.54) is 65.7 Å². The second-order valence-electron chi connectivity index (χ2n) is 13.2. The third-order valence-electron chi connectivity index (χ3n) is 10.2. The number of benzene rings is 9. The number of nitrogens with zero attached hydrogens (tertiary/aromatic N) is 2. The number of aromatic nitrogens is 2. The van der Waals surface area contributed by atoms with Crippen molar-refractivity contribution in [1.29, 1.82) is 0 Å². The van der Waals surface area contributed by atoms with Crippen LogP contribution >= 0.6 is 0 Å². The van der Waals surface area contributed by atoms with Crippen molar-refractivity contribution in [3.63, 3.8) is 0 Å². The van der Waals surface area contributed by atoms with E-state index >= 15 is 0 Å². The first-order valence-electron chi connectivity index (χ1n) is 17.5. The standard InChI is InChI=1S/C49H32N2/c1-2-14-33(15-3-1)36-18-12-20-39(31-36)49-50-45-26-10-11-27-46(45)51(49)40-21-13-19-37(32-40)47-41-22-6-8-24-43(41)48(44-25-9-7-23-42(44)47)38-29-28-34-16-4-5-17-35(34)30-38/h1-32H. The molecule has 2 heteroatoms. The van der Waals surface area contributed by atoms with Crippen LogP contribution in [0.5, 0.6) is 0 Å². The van der Waals surface area contributed by atoms with Crippen LogP contribution in [0.25, 0.3) is 93.8 Å². The highest BCUT2D eigenvalue weighted by Crippen LogP contribution is 2.44. The van der Waals surface area contributed by atoms with Crippen LogP contribution in [0.2, 0.25) is 0 Å². The molecule has 0 aliphatic carbocycles. The van der Waals surface area contributed by atoms with E-state index in [2.05, 4.69) is 199 Å². The first-order chi connectivity index (χ1) is 25.3. The quantitative estimate of drug-likeness (QED) is 0.170. The lowest BCUT2D eigenvalue weighted by molar-refractivity contribution is 1.10. The fraction of sp³-hybridized carbons (Fsp3) is 0. The summed E-state index contributed by atoms with van der Waals surface area (Å²) in [4.78, 5) is 5.23. The Balaban J connectivity index is 1.20. The Morgan fingerprint density at radius 2 is 0.882 bits per heavy atom. The number of hydrogen-bond donors (Lipinski definition) is 0. The summed E-state index contributed by atoms with van der Waals surface area (Å²) in [6.45, 7) is 0. The molecule has 0 spiro atoms. The van der Waals surface area contributed by atoms with E-state index in [1.807, 2.05) is 0 Å². The molecule has 0 saturated heterocycles. The summed E-state index contributed by atoms with van der Waals surface area (Å²) in [7, 11) is 0. The Morgan fingerprint density at radius 1 is 0.333 bits per heavy atom. The van der Waals surface area contributed by atoms with Gasteiger partial charge < -0.3 is 0 Å². The summed E-state index contributed by atoms with van der Waals surface area (Å²) >= 11 is 0. The average molecular weight is 649 g/mol. The van der Waals surface area contributed by atoms with Crippen LogP contribution in [0.3, 0.4) is 0 Å². The molecule has 1 heterocycles. The summed E-state index contributed by atoms with van der Waals surface area (Å²) in [6, 6.07) is 69.9. The van der Waals surface area contributed by atoms with Crippen molar-refractivity contribution >= 4 is 43.4 Å². The van der Waals surface area contributed by atoms with E-state index in [-0.39, 0.29) is 0 Å². The zero-order valence-corrected chi connectivity index (χ0v) is 27.9. The summed E-state index contributed by atoms with van der Waals surface area (Å²) in [5.74, 6) is 0.924. The smallest absolute Gasteiger partial charge is 0.145 e. The summed E-state index contributed by atoms with van der Waals surface area (Å²) in [6.07, 6.45) is 0. The Morgan fingerprint density at radius 3 is 1.63 bits per heavy atom. The van der Waals surface area contributed by atoms with Gasteiger partial charge in [-0.1, -0.05) is 158 Å². The van der Waals surface area contributed by atoms with Gasteiger partial charge in [0.2, 0.25) is 0 Å². The van der Waals surface area contributed by atoms with Crippen LogP contribution < -0.4 is 0 Å². The second kappa shape index (κ2) is 12.0. The maximum Gasteiger partial charge on any atom is 0.145 e. The summed E-state index contributed by atoms with van der Waals surface area (Å²) < 4.78 is 2.32. The largest absolute Gasteiger partial charge is 0.292 e. The minimum absolute atomic E-state index is 0.924. The van der Waals surface area contributed by atoms with Crippen molar-refractivity contribution in [2.24, 2.45) is 0 Å². The summed E-state index contributed by atoms with van der Waals surface area (Å²) in [5, 5.41) is 7.47. The normalized spacial score (nSPS) is 11.5. The molecular weight excluding hydrogens is 617 g/mol. The van der Waals surface area contributed by atoms with Gasteiger partial charge in [-0.25, -0.2) is 4.98 Å². The van der Waals surface area contributed by atoms with Gasteiger partial charge in [0.25, 0.3) is 0 Å². The molecule has 10 aromatic rings. The van der Waals surface area contributed by atoms with Gasteiger partial charge in [-0.05, 0) is 102 Å². The number of para-hydroxylation sites is 2. The van der Waals surface area contributed by atoms with Crippen molar-refractivity contribution in [1.82, 2.24) is 9.55 Å². The highest BCUT2D eigenvalue weighted by Gasteiger charge is 2.19. The topological polar surface area (TPSA) is 17.8 Å². The molecule has 2 nitrogen and oxygen atoms in total. The van der Waals surface area contributed by atoms with Crippen molar-refractivity contribution in [2.45, 2.75) is 0 Å². The van der Waals surface area contributed by atoms with Gasteiger partial charge in [-0.15, -0.1) is 0 Å². The minimum Gasteiger partial charge on any atom is -0.292 e. The van der Waals surface area contributed by atoms with Crippen molar-refractivity contribution in [3.05, 3.63) is 194 Å². The van der Waals surface area contributed by atoms with Crippen LogP contribution in [-0.4, -0.2) is 9.55 Å². The molecule has 51 heavy (non-hydrogen) atoms. The molecule has 0 fully saturated rings. The first kappa shape index (κ1) is 29.2. The van der Waals surface area contributed by atoms with Gasteiger partial charge in [0, 0.05) is 11.3 Å². The predicted octanol–water partition coefficient (Wildman–Crippen LogP) is 13.2. The lowest BCUT2D eigenvalue weighted by atomic mass is 9.85. The number of imidazole rings is 1. The number of rotatable bonds is 5. The van der Waals surface area contributed by atoms with Crippen molar-refractivity contribution in [3.8, 4) is 50.5 Å². The van der Waals surface area contributed by atoms with E-state index in [4.69, 9.17) is 4.98 Å². The van der Waals surface area contributed by atoms with Gasteiger partial charge in [-0.3, -0.25) is 4.57 Å². The monoisotopic (exact) mass is 648 g/mol. The maximum atomic E-state index is 5.23. The Bertz CT molecular complexity index is 2860. The van der Waals surface area contributed by atoms with Crippen LogP contribution in [-0.2, 0) is 0 Å². The van der Waals surface area contributed by atoms with Crippen LogP contribution in [0.4, 0.5) is 0 Å². The number of hydrogen-bond acceptors (Lipinski definition) is 1. The van der Waals surface area contributed by atoms with Crippen molar-refractivity contribution < 1.29 is 0 Å². The van der Waals surface area contributed by atoms with Crippen molar-refractivity contribution in [2.75, 3.05) is 0 Å². The lowest BCUT2D eigenvalue weighted by Gasteiger charge is -2.19. The molecule has 0 bridgehead atoms. The van der Waals surface area contributed by atoms with E-state index in [0.717, 1.165) is 28.1 Å². The van der Waals surface area contributed by atoms with Gasteiger partial charge in [-0.2, -0.15) is 0 Å². The Hall–Kier alpha value is -6.77. The molecule has 238 valence electrons. The molecule has 0 atom stereocenters. The fourth-order valence-corrected chi connectivity index (χ4v) is 7.85. The molecule has 0 N–H and O–H groups in total. The Kier molecular flexibility index (Phi) is 6.85. The highest BCUT2D eigenvalue weighted by atomic mass is 15.1. The first-order valence-corrected chi connectivity index (χ1v) is 17.5. The SMILES string of the molecule is c1ccc(-c2cccc(-c3nc4ccccc4n3-c3cccc(-c4c5ccccc5c(-c5ccc6ccccc6c5)c5ccccc45)c3)c2)cc1. The van der Waals surface area contributed by atoms with Gasteiger partial charge in [0.1, 0.15) is 5.82 Å².